The van der Waals surface area contributed by atoms with Gasteiger partial charge >= 0.3 is 6.01 Å². The van der Waals surface area contributed by atoms with E-state index >= 15 is 0 Å². The maximum Gasteiger partial charge on any atom is 0.317 e. The van der Waals surface area contributed by atoms with Crippen LogP contribution in [0.4, 0.5) is 17.4 Å². The van der Waals surface area contributed by atoms with E-state index in [1.807, 2.05) is 66.7 Å². The average Bonchev–Trinajstić information content (AvgIpc) is 3.39. The second-order valence-corrected chi connectivity index (χ2v) is 8.92. The summed E-state index contributed by atoms with van der Waals surface area (Å²) >= 11 is 0. The van der Waals surface area contributed by atoms with E-state index in [1.165, 1.54) is 0 Å². The molecule has 1 unspecified atom stereocenters. The highest BCUT2D eigenvalue weighted by Gasteiger charge is 2.28. The predicted octanol–water partition coefficient (Wildman–Crippen LogP) is 3.46. The summed E-state index contributed by atoms with van der Waals surface area (Å²) in [6.07, 6.45) is -1.88. The van der Waals surface area contributed by atoms with E-state index in [2.05, 4.69) is 31.8 Å². The maximum absolute atomic E-state index is 11.0. The molecule has 2 atom stereocenters. The summed E-state index contributed by atoms with van der Waals surface area (Å²) in [4.78, 5) is 7.01. The topological polar surface area (TPSA) is 132 Å². The van der Waals surface area contributed by atoms with Gasteiger partial charge in [0.25, 0.3) is 5.89 Å². The Hall–Kier alpha value is -4.72. The lowest BCUT2D eigenvalue weighted by atomic mass is 10.0. The summed E-state index contributed by atoms with van der Waals surface area (Å²) in [6, 6.07) is 25.2. The Morgan fingerprint density at radius 3 is 2.58 bits per heavy atom. The number of anilines is 3. The van der Waals surface area contributed by atoms with Gasteiger partial charge in [-0.05, 0) is 24.3 Å². The van der Waals surface area contributed by atoms with Crippen LogP contribution >= 0.6 is 0 Å². The van der Waals surface area contributed by atoms with E-state index in [0.717, 1.165) is 28.2 Å². The monoisotopic (exact) mass is 507 g/mol. The smallest absolute Gasteiger partial charge is 0.317 e. The molecule has 2 aliphatic rings. The number of aliphatic hydroxyl groups is 1. The van der Waals surface area contributed by atoms with Crippen molar-refractivity contribution in [3.05, 3.63) is 89.5 Å². The SMILES string of the molecule is N#Cc1ccc(-c2nnc(N[C@H]3N=C(c4ccccc4)c4ccccc4NC3O)o2)c(N2CCOCC2)c1. The van der Waals surface area contributed by atoms with Crippen LogP contribution in [0.2, 0.25) is 0 Å². The normalized spacial score (nSPS) is 18.9. The third kappa shape index (κ3) is 4.68. The van der Waals surface area contributed by atoms with Gasteiger partial charge in [0.05, 0.1) is 41.8 Å². The van der Waals surface area contributed by atoms with Gasteiger partial charge < -0.3 is 29.8 Å². The number of ether oxygens (including phenoxy) is 1. The molecule has 3 heterocycles. The molecule has 1 saturated heterocycles. The largest absolute Gasteiger partial charge is 0.403 e. The molecular formula is C28H25N7O3. The molecule has 10 heteroatoms. The van der Waals surface area contributed by atoms with Gasteiger partial charge in [-0.3, -0.25) is 4.99 Å². The molecule has 0 aliphatic carbocycles. The third-order valence-corrected chi connectivity index (χ3v) is 6.51. The van der Waals surface area contributed by atoms with Crippen molar-refractivity contribution < 1.29 is 14.3 Å². The zero-order valence-corrected chi connectivity index (χ0v) is 20.4. The summed E-state index contributed by atoms with van der Waals surface area (Å²) in [5.41, 5.74) is 5.38. The number of hydrogen-bond donors (Lipinski definition) is 3. The fourth-order valence-electron chi connectivity index (χ4n) is 4.64. The van der Waals surface area contributed by atoms with E-state index in [-0.39, 0.29) is 6.01 Å². The Morgan fingerprint density at radius 1 is 0.974 bits per heavy atom. The number of benzene rings is 3. The van der Waals surface area contributed by atoms with Crippen LogP contribution in [0.1, 0.15) is 16.7 Å². The quantitative estimate of drug-likeness (QED) is 0.371. The second-order valence-electron chi connectivity index (χ2n) is 8.92. The van der Waals surface area contributed by atoms with Crippen molar-refractivity contribution in [3.63, 3.8) is 0 Å². The van der Waals surface area contributed by atoms with E-state index < -0.39 is 12.4 Å². The van der Waals surface area contributed by atoms with Crippen LogP contribution in [0, 0.1) is 11.3 Å². The number of nitrogens with one attached hydrogen (secondary N) is 2. The molecule has 38 heavy (non-hydrogen) atoms. The van der Waals surface area contributed by atoms with Crippen molar-refractivity contribution in [2.24, 2.45) is 4.99 Å². The molecule has 2 aliphatic heterocycles. The Kier molecular flexibility index (Phi) is 6.44. The molecule has 190 valence electrons. The first-order valence-electron chi connectivity index (χ1n) is 12.3. The van der Waals surface area contributed by atoms with Crippen LogP contribution in [-0.4, -0.2) is 59.7 Å². The third-order valence-electron chi connectivity index (χ3n) is 6.51. The first kappa shape index (κ1) is 23.7. The molecular weight excluding hydrogens is 482 g/mol. The molecule has 0 spiro atoms. The van der Waals surface area contributed by atoms with Crippen LogP contribution in [0.25, 0.3) is 11.5 Å². The van der Waals surface area contributed by atoms with Crippen LogP contribution in [-0.2, 0) is 4.74 Å². The van der Waals surface area contributed by atoms with E-state index in [4.69, 9.17) is 14.1 Å². The molecule has 1 aromatic heterocycles. The standard InChI is InChI=1S/C28H25N7O3/c29-17-18-10-11-21(23(16-18)35-12-14-37-15-13-35)27-33-34-28(38-27)32-25-26(36)30-22-9-5-4-8-20(22)24(31-25)19-6-2-1-3-7-19/h1-11,16,25-26,30,36H,12-15H2,(H,32,34)/t25-,26?/m1/s1. The number of aliphatic imine (C=N–C) groups is 1. The van der Waals surface area contributed by atoms with Gasteiger partial charge in [0.2, 0.25) is 0 Å². The number of aliphatic hydroxyl groups excluding tert-OH is 1. The van der Waals surface area contributed by atoms with Gasteiger partial charge in [-0.25, -0.2) is 0 Å². The van der Waals surface area contributed by atoms with E-state index in [9.17, 15) is 10.4 Å². The first-order chi connectivity index (χ1) is 18.7. The van der Waals surface area contributed by atoms with Crippen molar-refractivity contribution in [1.29, 1.82) is 5.26 Å². The number of rotatable bonds is 5. The van der Waals surface area contributed by atoms with Gasteiger partial charge in [0.1, 0.15) is 0 Å². The number of nitriles is 1. The van der Waals surface area contributed by atoms with Crippen LogP contribution in [0.3, 0.4) is 0 Å². The van der Waals surface area contributed by atoms with E-state index in [0.29, 0.717) is 43.3 Å². The molecule has 0 saturated carbocycles. The van der Waals surface area contributed by atoms with Crippen molar-refractivity contribution in [2.75, 3.05) is 41.8 Å². The highest BCUT2D eigenvalue weighted by molar-refractivity contribution is 6.16. The fourth-order valence-corrected chi connectivity index (χ4v) is 4.64. The number of morpholine rings is 1. The fraction of sp³-hybridized carbons (Fsp3) is 0.214. The summed E-state index contributed by atoms with van der Waals surface area (Å²) in [7, 11) is 0. The Balaban J connectivity index is 1.33. The zero-order valence-electron chi connectivity index (χ0n) is 20.4. The van der Waals surface area contributed by atoms with Crippen molar-refractivity contribution in [3.8, 4) is 17.5 Å². The number of fused-ring (bicyclic) bond motifs is 1. The second kappa shape index (κ2) is 10.3. The van der Waals surface area contributed by atoms with Crippen LogP contribution in [0.5, 0.6) is 0 Å². The average molecular weight is 508 g/mol. The highest BCUT2D eigenvalue weighted by Crippen LogP contribution is 2.33. The summed E-state index contributed by atoms with van der Waals surface area (Å²) in [5, 5.41) is 35.1. The Bertz CT molecular complexity index is 1510. The van der Waals surface area contributed by atoms with Gasteiger partial charge in [-0.2, -0.15) is 5.26 Å². The highest BCUT2D eigenvalue weighted by atomic mass is 16.5. The predicted molar refractivity (Wildman–Crippen MR) is 143 cm³/mol. The minimum absolute atomic E-state index is 0.116. The summed E-state index contributed by atoms with van der Waals surface area (Å²) in [5.74, 6) is 0.296. The minimum atomic E-state index is -1.06. The molecule has 3 aromatic carbocycles. The van der Waals surface area contributed by atoms with Crippen LogP contribution < -0.4 is 15.5 Å². The lowest BCUT2D eigenvalue weighted by Crippen LogP contribution is -2.37. The van der Waals surface area contributed by atoms with Gasteiger partial charge in [-0.15, -0.1) is 5.10 Å². The lowest BCUT2D eigenvalue weighted by molar-refractivity contribution is 0.122. The molecule has 4 aromatic rings. The number of aromatic nitrogens is 2. The number of para-hydroxylation sites is 1. The van der Waals surface area contributed by atoms with Gasteiger partial charge in [-0.1, -0.05) is 53.6 Å². The molecule has 3 N–H and O–H groups in total. The molecule has 0 amide bonds. The van der Waals surface area contributed by atoms with Crippen molar-refractivity contribution in [2.45, 2.75) is 12.4 Å². The molecule has 0 bridgehead atoms. The zero-order chi connectivity index (χ0) is 25.9. The number of benzodiazepines with no additional fused rings is 1. The minimum Gasteiger partial charge on any atom is -0.403 e. The Morgan fingerprint density at radius 2 is 1.76 bits per heavy atom. The first-order valence-corrected chi connectivity index (χ1v) is 12.3. The van der Waals surface area contributed by atoms with E-state index in [1.54, 1.807) is 6.07 Å². The number of hydrogen-bond acceptors (Lipinski definition) is 10. The Labute approximate surface area is 219 Å². The molecule has 6 rings (SSSR count). The summed E-state index contributed by atoms with van der Waals surface area (Å²) < 4.78 is 11.5. The lowest BCUT2D eigenvalue weighted by Gasteiger charge is -2.30. The molecule has 1 fully saturated rings. The van der Waals surface area contributed by atoms with Gasteiger partial charge in [0.15, 0.2) is 12.4 Å². The van der Waals surface area contributed by atoms with Crippen molar-refractivity contribution in [1.82, 2.24) is 10.2 Å². The number of nitrogens with zero attached hydrogens (tertiary/aromatic N) is 5. The molecule has 0 radical (unpaired) electrons. The molecule has 10 nitrogen and oxygen atoms in total. The van der Waals surface area contributed by atoms with Crippen LogP contribution in [0.15, 0.2) is 82.2 Å². The maximum atomic E-state index is 11.0. The van der Waals surface area contributed by atoms with Crippen molar-refractivity contribution >= 4 is 23.1 Å². The van der Waals surface area contributed by atoms with Gasteiger partial charge in [0, 0.05) is 29.9 Å². The summed E-state index contributed by atoms with van der Waals surface area (Å²) in [6.45, 7) is 2.59.